The standard InChI is InChI=1S/C14H22ClNO/c1-9(16-14(2,3)4)12-13(17-12)10-6-5-7-11(15)8-10/h6,8-9,12-13,16H,5,7H2,1-4H3. The van der Waals surface area contributed by atoms with Crippen LogP contribution in [0.3, 0.4) is 0 Å². The summed E-state index contributed by atoms with van der Waals surface area (Å²) >= 11 is 6.07. The summed E-state index contributed by atoms with van der Waals surface area (Å²) in [5.41, 5.74) is 1.39. The predicted molar refractivity (Wildman–Crippen MR) is 72.3 cm³/mol. The first kappa shape index (κ1) is 13.1. The highest BCUT2D eigenvalue weighted by molar-refractivity contribution is 6.29. The number of hydrogen-bond acceptors (Lipinski definition) is 2. The molecule has 1 N–H and O–H groups in total. The summed E-state index contributed by atoms with van der Waals surface area (Å²) < 4.78 is 5.78. The highest BCUT2D eigenvalue weighted by Gasteiger charge is 2.45. The molecule has 17 heavy (non-hydrogen) atoms. The third-order valence-corrected chi connectivity index (χ3v) is 3.39. The molecule has 1 heterocycles. The molecule has 0 bridgehead atoms. The van der Waals surface area contributed by atoms with Crippen LogP contribution in [-0.2, 0) is 4.74 Å². The first-order valence-corrected chi connectivity index (χ1v) is 6.74. The summed E-state index contributed by atoms with van der Waals surface area (Å²) in [6, 6.07) is 0.370. The van der Waals surface area contributed by atoms with Crippen LogP contribution in [0.25, 0.3) is 0 Å². The molecule has 2 rings (SSSR count). The van der Waals surface area contributed by atoms with E-state index in [0.29, 0.717) is 12.1 Å². The van der Waals surface area contributed by atoms with Gasteiger partial charge in [0.1, 0.15) is 12.2 Å². The van der Waals surface area contributed by atoms with Crippen LogP contribution < -0.4 is 5.32 Å². The van der Waals surface area contributed by atoms with Gasteiger partial charge >= 0.3 is 0 Å². The molecule has 1 aliphatic carbocycles. The van der Waals surface area contributed by atoms with E-state index in [0.717, 1.165) is 17.9 Å². The zero-order valence-corrected chi connectivity index (χ0v) is 11.8. The van der Waals surface area contributed by atoms with E-state index in [1.807, 2.05) is 0 Å². The first-order chi connectivity index (χ1) is 7.87. The minimum absolute atomic E-state index is 0.129. The third kappa shape index (κ3) is 3.57. The second kappa shape index (κ2) is 4.75. The van der Waals surface area contributed by atoms with Crippen LogP contribution in [0.1, 0.15) is 40.5 Å². The van der Waals surface area contributed by atoms with E-state index in [4.69, 9.17) is 16.3 Å². The summed E-state index contributed by atoms with van der Waals surface area (Å²) in [7, 11) is 0. The molecule has 0 aromatic heterocycles. The van der Waals surface area contributed by atoms with Crippen molar-refractivity contribution in [3.05, 3.63) is 22.8 Å². The van der Waals surface area contributed by atoms with Gasteiger partial charge in [-0.25, -0.2) is 0 Å². The summed E-state index contributed by atoms with van der Waals surface area (Å²) in [5, 5.41) is 4.51. The lowest BCUT2D eigenvalue weighted by Gasteiger charge is -2.25. The van der Waals surface area contributed by atoms with Crippen molar-refractivity contribution >= 4 is 11.6 Å². The lowest BCUT2D eigenvalue weighted by molar-refractivity contribution is 0.297. The molecular weight excluding hydrogens is 234 g/mol. The van der Waals surface area contributed by atoms with Gasteiger partial charge in [-0.3, -0.25) is 0 Å². The Morgan fingerprint density at radius 3 is 2.76 bits per heavy atom. The summed E-state index contributed by atoms with van der Waals surface area (Å²) in [5.74, 6) is 0. The quantitative estimate of drug-likeness (QED) is 0.782. The molecule has 1 saturated heterocycles. The Balaban J connectivity index is 1.90. The van der Waals surface area contributed by atoms with Crippen LogP contribution in [0.5, 0.6) is 0 Å². The average Bonchev–Trinajstić information content (AvgIpc) is 2.94. The van der Waals surface area contributed by atoms with E-state index in [9.17, 15) is 0 Å². The van der Waals surface area contributed by atoms with Crippen molar-refractivity contribution in [2.45, 2.75) is 64.3 Å². The Bertz CT molecular complexity index is 354. The van der Waals surface area contributed by atoms with E-state index in [2.05, 4.69) is 45.2 Å². The highest BCUT2D eigenvalue weighted by atomic mass is 35.5. The third-order valence-electron chi connectivity index (χ3n) is 3.09. The van der Waals surface area contributed by atoms with Crippen LogP contribution in [0.4, 0.5) is 0 Å². The molecule has 2 aliphatic rings. The van der Waals surface area contributed by atoms with Gasteiger partial charge in [-0.2, -0.15) is 0 Å². The number of hydrogen-bond donors (Lipinski definition) is 1. The zero-order chi connectivity index (χ0) is 12.6. The molecule has 2 nitrogen and oxygen atoms in total. The van der Waals surface area contributed by atoms with Crippen molar-refractivity contribution in [2.24, 2.45) is 0 Å². The molecule has 0 spiro atoms. The first-order valence-electron chi connectivity index (χ1n) is 6.36. The van der Waals surface area contributed by atoms with Gasteiger partial charge in [0.05, 0.1) is 0 Å². The fraction of sp³-hybridized carbons (Fsp3) is 0.714. The van der Waals surface area contributed by atoms with Crippen molar-refractivity contribution in [2.75, 3.05) is 0 Å². The second-order valence-electron chi connectivity index (χ2n) is 6.04. The number of epoxide rings is 1. The van der Waals surface area contributed by atoms with Crippen LogP contribution in [0, 0.1) is 0 Å². The number of ether oxygens (including phenoxy) is 1. The van der Waals surface area contributed by atoms with Crippen molar-refractivity contribution in [3.63, 3.8) is 0 Å². The van der Waals surface area contributed by atoms with Gasteiger partial charge in [0, 0.05) is 16.6 Å². The van der Waals surface area contributed by atoms with Gasteiger partial charge in [-0.1, -0.05) is 17.7 Å². The minimum atomic E-state index is 0.129. The Labute approximate surface area is 109 Å². The molecule has 1 fully saturated rings. The van der Waals surface area contributed by atoms with Gasteiger partial charge < -0.3 is 10.1 Å². The lowest BCUT2D eigenvalue weighted by atomic mass is 9.99. The maximum absolute atomic E-state index is 6.07. The molecule has 1 aliphatic heterocycles. The van der Waals surface area contributed by atoms with E-state index in [-0.39, 0.29) is 11.6 Å². The maximum atomic E-state index is 6.07. The van der Waals surface area contributed by atoms with Crippen molar-refractivity contribution in [1.82, 2.24) is 5.32 Å². The molecule has 0 amide bonds. The van der Waals surface area contributed by atoms with Crippen LogP contribution >= 0.6 is 11.6 Å². The Morgan fingerprint density at radius 2 is 2.18 bits per heavy atom. The number of rotatable bonds is 3. The SMILES string of the molecule is CC(NC(C)(C)C)C1OC1C1=CCCC(Cl)=C1. The van der Waals surface area contributed by atoms with Crippen molar-refractivity contribution in [1.29, 1.82) is 0 Å². The molecule has 96 valence electrons. The topological polar surface area (TPSA) is 24.6 Å². The van der Waals surface area contributed by atoms with Crippen LogP contribution in [0.2, 0.25) is 0 Å². The second-order valence-corrected chi connectivity index (χ2v) is 6.52. The lowest BCUT2D eigenvalue weighted by Crippen LogP contribution is -2.45. The summed E-state index contributed by atoms with van der Waals surface area (Å²) in [6.07, 6.45) is 6.87. The predicted octanol–water partition coefficient (Wildman–Crippen LogP) is 3.37. The van der Waals surface area contributed by atoms with Gasteiger partial charge in [0.2, 0.25) is 0 Å². The molecule has 0 aromatic rings. The monoisotopic (exact) mass is 255 g/mol. The fourth-order valence-corrected chi connectivity index (χ4v) is 2.66. The molecule has 0 saturated carbocycles. The van der Waals surface area contributed by atoms with Gasteiger partial charge in [0.15, 0.2) is 0 Å². The van der Waals surface area contributed by atoms with Crippen LogP contribution in [0.15, 0.2) is 22.8 Å². The van der Waals surface area contributed by atoms with Crippen molar-refractivity contribution in [3.8, 4) is 0 Å². The highest BCUT2D eigenvalue weighted by Crippen LogP contribution is 2.36. The Hall–Kier alpha value is -0.310. The van der Waals surface area contributed by atoms with Crippen LogP contribution in [-0.4, -0.2) is 23.8 Å². The van der Waals surface area contributed by atoms with E-state index in [1.165, 1.54) is 5.57 Å². The summed E-state index contributed by atoms with van der Waals surface area (Å²) in [4.78, 5) is 0. The smallest absolute Gasteiger partial charge is 0.110 e. The Morgan fingerprint density at radius 1 is 1.47 bits per heavy atom. The number of nitrogens with one attached hydrogen (secondary N) is 1. The molecule has 3 unspecified atom stereocenters. The molecule has 0 aromatic carbocycles. The van der Waals surface area contributed by atoms with Gasteiger partial charge in [0.25, 0.3) is 0 Å². The van der Waals surface area contributed by atoms with E-state index < -0.39 is 0 Å². The average molecular weight is 256 g/mol. The van der Waals surface area contributed by atoms with Gasteiger partial charge in [-0.15, -0.1) is 0 Å². The number of allylic oxidation sites excluding steroid dienone is 2. The molecular formula is C14H22ClNO. The molecule has 3 atom stereocenters. The molecule has 0 radical (unpaired) electrons. The fourth-order valence-electron chi connectivity index (χ4n) is 2.42. The zero-order valence-electron chi connectivity index (χ0n) is 11.1. The minimum Gasteiger partial charge on any atom is -0.363 e. The van der Waals surface area contributed by atoms with E-state index in [1.54, 1.807) is 0 Å². The number of halogens is 1. The Kier molecular flexibility index (Phi) is 3.67. The molecule has 3 heteroatoms. The summed E-state index contributed by atoms with van der Waals surface area (Å²) in [6.45, 7) is 8.72. The maximum Gasteiger partial charge on any atom is 0.110 e. The van der Waals surface area contributed by atoms with E-state index >= 15 is 0 Å². The largest absolute Gasteiger partial charge is 0.363 e. The normalized spacial score (nSPS) is 30.6. The van der Waals surface area contributed by atoms with Gasteiger partial charge in [-0.05, 0) is 52.2 Å². The van der Waals surface area contributed by atoms with Crippen molar-refractivity contribution < 1.29 is 4.74 Å².